The zero-order valence-corrected chi connectivity index (χ0v) is 13.4. The van der Waals surface area contributed by atoms with Gasteiger partial charge in [-0.05, 0) is 46.5 Å². The lowest BCUT2D eigenvalue weighted by molar-refractivity contribution is 0.0573. The molecule has 1 aromatic rings. The number of carbonyl (C=O) groups excluding carboxylic acids is 1. The van der Waals surface area contributed by atoms with Crippen LogP contribution >= 0.6 is 0 Å². The van der Waals surface area contributed by atoms with Crippen molar-refractivity contribution in [2.75, 3.05) is 18.5 Å². The van der Waals surface area contributed by atoms with Crippen LogP contribution in [0.2, 0.25) is 0 Å². The second-order valence-electron chi connectivity index (χ2n) is 5.70. The van der Waals surface area contributed by atoms with Gasteiger partial charge in [-0.2, -0.15) is 5.10 Å². The normalized spacial score (nSPS) is 17.5. The molecule has 1 aliphatic heterocycles. The first kappa shape index (κ1) is 15.8. The number of anilines is 1. The van der Waals surface area contributed by atoms with Crippen LogP contribution in [-0.2, 0) is 11.3 Å². The molecule has 118 valence electrons. The molecule has 0 aromatic carbocycles. The van der Waals surface area contributed by atoms with Crippen LogP contribution in [0.15, 0.2) is 0 Å². The van der Waals surface area contributed by atoms with Crippen LogP contribution < -0.4 is 10.6 Å². The maximum Gasteiger partial charge on any atom is 0.319 e. The summed E-state index contributed by atoms with van der Waals surface area (Å²) in [5.41, 5.74) is 2.65. The molecule has 6 heteroatoms. The molecule has 1 aromatic heterocycles. The molecular formula is C15H26N4O2. The SMILES string of the molecule is CCn1nc(C)c(NC(=O)N[C@@H](C)C2CCOCC2)c1C. The number of rotatable bonds is 4. The number of nitrogens with one attached hydrogen (secondary N) is 2. The van der Waals surface area contributed by atoms with Crippen molar-refractivity contribution in [1.29, 1.82) is 0 Å². The molecule has 21 heavy (non-hydrogen) atoms. The fourth-order valence-electron chi connectivity index (χ4n) is 2.88. The highest BCUT2D eigenvalue weighted by Gasteiger charge is 2.22. The van der Waals surface area contributed by atoms with E-state index in [0.717, 1.165) is 49.7 Å². The van der Waals surface area contributed by atoms with Crippen molar-refractivity contribution < 1.29 is 9.53 Å². The van der Waals surface area contributed by atoms with Crippen LogP contribution in [0.3, 0.4) is 0 Å². The fourth-order valence-corrected chi connectivity index (χ4v) is 2.88. The van der Waals surface area contributed by atoms with Crippen LogP contribution in [0.25, 0.3) is 0 Å². The maximum absolute atomic E-state index is 12.2. The molecule has 0 saturated carbocycles. The molecule has 1 atom stereocenters. The van der Waals surface area contributed by atoms with E-state index in [1.54, 1.807) is 0 Å². The smallest absolute Gasteiger partial charge is 0.319 e. The molecule has 2 N–H and O–H groups in total. The Morgan fingerprint density at radius 1 is 1.43 bits per heavy atom. The number of hydrogen-bond donors (Lipinski definition) is 2. The first-order chi connectivity index (χ1) is 10.0. The largest absolute Gasteiger partial charge is 0.381 e. The number of nitrogens with zero attached hydrogens (tertiary/aromatic N) is 2. The first-order valence-electron chi connectivity index (χ1n) is 7.72. The molecule has 1 fully saturated rings. The third kappa shape index (κ3) is 3.75. The van der Waals surface area contributed by atoms with E-state index in [2.05, 4.69) is 22.7 Å². The van der Waals surface area contributed by atoms with Crippen LogP contribution in [0.1, 0.15) is 38.1 Å². The highest BCUT2D eigenvalue weighted by Crippen LogP contribution is 2.21. The summed E-state index contributed by atoms with van der Waals surface area (Å²) in [6.45, 7) is 10.4. The topological polar surface area (TPSA) is 68.2 Å². The van der Waals surface area contributed by atoms with Gasteiger partial charge in [0, 0.05) is 25.8 Å². The monoisotopic (exact) mass is 294 g/mol. The van der Waals surface area contributed by atoms with Gasteiger partial charge in [-0.25, -0.2) is 4.79 Å². The fraction of sp³-hybridized carbons (Fsp3) is 0.733. The molecule has 0 bridgehead atoms. The van der Waals surface area contributed by atoms with E-state index in [1.807, 2.05) is 25.5 Å². The lowest BCUT2D eigenvalue weighted by atomic mass is 9.93. The van der Waals surface area contributed by atoms with Gasteiger partial charge >= 0.3 is 6.03 Å². The minimum absolute atomic E-state index is 0.149. The van der Waals surface area contributed by atoms with Crippen molar-refractivity contribution in [3.8, 4) is 0 Å². The second kappa shape index (κ2) is 6.93. The molecule has 2 heterocycles. The molecule has 1 saturated heterocycles. The van der Waals surface area contributed by atoms with E-state index >= 15 is 0 Å². The summed E-state index contributed by atoms with van der Waals surface area (Å²) in [4.78, 5) is 12.2. The van der Waals surface area contributed by atoms with Gasteiger partial charge < -0.3 is 15.4 Å². The number of hydrogen-bond acceptors (Lipinski definition) is 3. The van der Waals surface area contributed by atoms with Crippen molar-refractivity contribution in [3.05, 3.63) is 11.4 Å². The van der Waals surface area contributed by atoms with Crippen molar-refractivity contribution >= 4 is 11.7 Å². The van der Waals surface area contributed by atoms with E-state index in [9.17, 15) is 4.79 Å². The number of urea groups is 1. The van der Waals surface area contributed by atoms with Gasteiger partial charge in [0.1, 0.15) is 0 Å². The van der Waals surface area contributed by atoms with Gasteiger partial charge in [-0.1, -0.05) is 0 Å². The standard InChI is InChI=1S/C15H26N4O2/c1-5-19-12(4)14(11(3)18-19)17-15(20)16-10(2)13-6-8-21-9-7-13/h10,13H,5-9H2,1-4H3,(H2,16,17,20)/t10-/m0/s1. The summed E-state index contributed by atoms with van der Waals surface area (Å²) in [5, 5.41) is 10.4. The van der Waals surface area contributed by atoms with Crippen LogP contribution in [0.5, 0.6) is 0 Å². The lowest BCUT2D eigenvalue weighted by Crippen LogP contribution is -2.42. The Hall–Kier alpha value is -1.56. The third-order valence-corrected chi connectivity index (χ3v) is 4.25. The van der Waals surface area contributed by atoms with Crippen LogP contribution in [0.4, 0.5) is 10.5 Å². The number of aromatic nitrogens is 2. The molecule has 1 aliphatic rings. The van der Waals surface area contributed by atoms with E-state index in [4.69, 9.17) is 4.74 Å². The van der Waals surface area contributed by atoms with E-state index < -0.39 is 0 Å². The number of carbonyl (C=O) groups is 1. The minimum Gasteiger partial charge on any atom is -0.381 e. The number of aryl methyl sites for hydroxylation is 2. The summed E-state index contributed by atoms with van der Waals surface area (Å²) in [5.74, 6) is 0.491. The third-order valence-electron chi connectivity index (χ3n) is 4.25. The number of ether oxygens (including phenoxy) is 1. The van der Waals surface area contributed by atoms with Gasteiger partial charge in [0.25, 0.3) is 0 Å². The van der Waals surface area contributed by atoms with Crippen molar-refractivity contribution in [2.24, 2.45) is 5.92 Å². The van der Waals surface area contributed by atoms with Gasteiger partial charge in [-0.3, -0.25) is 4.68 Å². The predicted octanol–water partition coefficient (Wildman–Crippen LogP) is 2.46. The Morgan fingerprint density at radius 2 is 2.10 bits per heavy atom. The predicted molar refractivity (Wildman–Crippen MR) is 82.5 cm³/mol. The molecule has 2 rings (SSSR count). The van der Waals surface area contributed by atoms with Crippen molar-refractivity contribution in [1.82, 2.24) is 15.1 Å². The Balaban J connectivity index is 1.93. The van der Waals surface area contributed by atoms with E-state index in [0.29, 0.717) is 5.92 Å². The highest BCUT2D eigenvalue weighted by molar-refractivity contribution is 5.90. The maximum atomic E-state index is 12.2. The van der Waals surface area contributed by atoms with E-state index in [1.165, 1.54) is 0 Å². The Labute approximate surface area is 126 Å². The van der Waals surface area contributed by atoms with Crippen molar-refractivity contribution in [3.63, 3.8) is 0 Å². The quantitative estimate of drug-likeness (QED) is 0.896. The molecule has 0 radical (unpaired) electrons. The van der Waals surface area contributed by atoms with Gasteiger partial charge in [0.15, 0.2) is 0 Å². The van der Waals surface area contributed by atoms with Gasteiger partial charge in [0.05, 0.1) is 17.1 Å². The Kier molecular flexibility index (Phi) is 5.22. The summed E-state index contributed by atoms with van der Waals surface area (Å²) < 4.78 is 7.25. The van der Waals surface area contributed by atoms with Crippen LogP contribution in [0, 0.1) is 19.8 Å². The summed E-state index contributed by atoms with van der Waals surface area (Å²) in [6, 6.07) is -0.00780. The first-order valence-corrected chi connectivity index (χ1v) is 7.72. The average Bonchev–Trinajstić information content (AvgIpc) is 2.75. The molecule has 0 spiro atoms. The second-order valence-corrected chi connectivity index (χ2v) is 5.70. The summed E-state index contributed by atoms with van der Waals surface area (Å²) in [6.07, 6.45) is 2.01. The van der Waals surface area contributed by atoms with Crippen LogP contribution in [-0.4, -0.2) is 35.1 Å². The van der Waals surface area contributed by atoms with Gasteiger partial charge in [-0.15, -0.1) is 0 Å². The zero-order valence-electron chi connectivity index (χ0n) is 13.4. The molecule has 0 unspecified atom stereocenters. The summed E-state index contributed by atoms with van der Waals surface area (Å²) in [7, 11) is 0. The van der Waals surface area contributed by atoms with Crippen molar-refractivity contribution in [2.45, 2.75) is 53.1 Å². The number of amides is 2. The zero-order chi connectivity index (χ0) is 15.4. The molecular weight excluding hydrogens is 268 g/mol. The molecule has 0 aliphatic carbocycles. The Bertz CT molecular complexity index is 492. The average molecular weight is 294 g/mol. The molecule has 6 nitrogen and oxygen atoms in total. The molecule has 2 amide bonds. The summed E-state index contributed by atoms with van der Waals surface area (Å²) >= 11 is 0. The van der Waals surface area contributed by atoms with E-state index in [-0.39, 0.29) is 12.1 Å². The highest BCUT2D eigenvalue weighted by atomic mass is 16.5. The van der Waals surface area contributed by atoms with Gasteiger partial charge in [0.2, 0.25) is 0 Å². The lowest BCUT2D eigenvalue weighted by Gasteiger charge is -2.28. The minimum atomic E-state index is -0.157. The Morgan fingerprint density at radius 3 is 2.67 bits per heavy atom.